The van der Waals surface area contributed by atoms with Crippen molar-refractivity contribution in [3.63, 3.8) is 0 Å². The first kappa shape index (κ1) is 16.7. The molecule has 124 valence electrons. The molecule has 0 aliphatic carbocycles. The molecule has 1 aliphatic rings. The molecule has 0 spiro atoms. The maximum atomic E-state index is 12.8. The highest BCUT2D eigenvalue weighted by molar-refractivity contribution is 7.90. The van der Waals surface area contributed by atoms with Gasteiger partial charge in [-0.1, -0.05) is 17.7 Å². The molecule has 3 rings (SSSR count). The number of hydrogen-bond donors (Lipinski definition) is 0. The van der Waals surface area contributed by atoms with Gasteiger partial charge in [-0.3, -0.25) is 9.98 Å². The lowest BCUT2D eigenvalue weighted by molar-refractivity contribution is 0.402. The fourth-order valence-corrected chi connectivity index (χ4v) is 4.21. The van der Waals surface area contributed by atoms with Gasteiger partial charge in [-0.25, -0.2) is 8.42 Å². The Morgan fingerprint density at radius 3 is 2.79 bits per heavy atom. The van der Waals surface area contributed by atoms with E-state index in [1.165, 1.54) is 19.4 Å². The molecule has 7 heteroatoms. The van der Waals surface area contributed by atoms with Crippen LogP contribution in [0.1, 0.15) is 17.5 Å². The van der Waals surface area contributed by atoms with E-state index in [9.17, 15) is 8.42 Å². The second kappa shape index (κ2) is 6.75. The second-order valence-electron chi connectivity index (χ2n) is 5.27. The number of sulfone groups is 1. The van der Waals surface area contributed by atoms with Crippen molar-refractivity contribution in [2.45, 2.75) is 17.1 Å². The molecule has 1 aliphatic heterocycles. The van der Waals surface area contributed by atoms with Gasteiger partial charge in [-0.2, -0.15) is 0 Å². The van der Waals surface area contributed by atoms with E-state index in [-0.39, 0.29) is 16.4 Å². The minimum atomic E-state index is -3.63. The molecule has 1 aromatic heterocycles. The molecule has 24 heavy (non-hydrogen) atoms. The molecular weight excluding hydrogens is 348 g/mol. The average Bonchev–Trinajstić information content (AvgIpc) is 3.09. The summed E-state index contributed by atoms with van der Waals surface area (Å²) in [7, 11) is -2.20. The third-order valence-electron chi connectivity index (χ3n) is 3.56. The van der Waals surface area contributed by atoms with Crippen LogP contribution in [0.4, 0.5) is 0 Å². The van der Waals surface area contributed by atoms with Gasteiger partial charge < -0.3 is 4.74 Å². The van der Waals surface area contributed by atoms with Crippen LogP contribution >= 0.6 is 11.6 Å². The molecule has 0 radical (unpaired) electrons. The zero-order valence-corrected chi connectivity index (χ0v) is 14.5. The van der Waals surface area contributed by atoms with Crippen LogP contribution in [0.15, 0.2) is 52.6 Å². The van der Waals surface area contributed by atoms with Crippen molar-refractivity contribution in [2.24, 2.45) is 4.99 Å². The van der Waals surface area contributed by atoms with Gasteiger partial charge in [0, 0.05) is 35.6 Å². The first-order chi connectivity index (χ1) is 11.5. The topological polar surface area (TPSA) is 68.6 Å². The average molecular weight is 363 g/mol. The fourth-order valence-electron chi connectivity index (χ4n) is 2.46. The zero-order chi connectivity index (χ0) is 17.2. The van der Waals surface area contributed by atoms with Gasteiger partial charge in [0.15, 0.2) is 9.84 Å². The van der Waals surface area contributed by atoms with Gasteiger partial charge in [-0.15, -0.1) is 0 Å². The van der Waals surface area contributed by atoms with E-state index in [1.54, 1.807) is 30.6 Å². The summed E-state index contributed by atoms with van der Waals surface area (Å²) in [5, 5.41) is 0.340. The van der Waals surface area contributed by atoms with Crippen molar-refractivity contribution in [2.75, 3.05) is 7.11 Å². The van der Waals surface area contributed by atoms with Crippen molar-refractivity contribution in [1.29, 1.82) is 0 Å². The van der Waals surface area contributed by atoms with Gasteiger partial charge in [0.25, 0.3) is 0 Å². The maximum Gasteiger partial charge on any atom is 0.186 e. The van der Waals surface area contributed by atoms with E-state index in [0.29, 0.717) is 10.6 Å². The van der Waals surface area contributed by atoms with E-state index in [4.69, 9.17) is 16.3 Å². The van der Waals surface area contributed by atoms with Crippen LogP contribution in [0.5, 0.6) is 5.75 Å². The predicted molar refractivity (Wildman–Crippen MR) is 94.2 cm³/mol. The number of pyridine rings is 1. The Labute approximate surface area is 145 Å². The molecule has 2 heterocycles. The number of methoxy groups -OCH3 is 1. The number of hydrogen-bond acceptors (Lipinski definition) is 5. The van der Waals surface area contributed by atoms with Crippen molar-refractivity contribution >= 4 is 33.3 Å². The summed E-state index contributed by atoms with van der Waals surface area (Å²) in [6, 6.07) is 6.32. The summed E-state index contributed by atoms with van der Waals surface area (Å²) in [5.74, 6) is 0.0771. The quantitative estimate of drug-likeness (QED) is 0.815. The number of aromatic nitrogens is 1. The first-order valence-corrected chi connectivity index (χ1v) is 9.26. The second-order valence-corrected chi connectivity index (χ2v) is 7.67. The molecule has 0 atom stereocenters. The largest absolute Gasteiger partial charge is 0.495 e. The molecule has 5 nitrogen and oxygen atoms in total. The standard InChI is InChI=1S/C17H15ClN2O3S/c1-23-16-5-4-14(18)8-17(16)24(21,22)11-12-7-13(10-19-9-12)15-3-2-6-20-15/h3-10H,2,11H2,1H3. The summed E-state index contributed by atoms with van der Waals surface area (Å²) in [6.07, 6.45) is 7.75. The van der Waals surface area contributed by atoms with Crippen LogP contribution in [-0.4, -0.2) is 26.7 Å². The van der Waals surface area contributed by atoms with Crippen LogP contribution in [0.25, 0.3) is 5.70 Å². The Morgan fingerprint density at radius 1 is 1.25 bits per heavy atom. The van der Waals surface area contributed by atoms with Crippen molar-refractivity contribution in [1.82, 2.24) is 4.98 Å². The maximum absolute atomic E-state index is 12.8. The fraction of sp³-hybridized carbons (Fsp3) is 0.176. The van der Waals surface area contributed by atoms with E-state index >= 15 is 0 Å². The van der Waals surface area contributed by atoms with Crippen LogP contribution in [0.3, 0.4) is 0 Å². The normalized spacial score (nSPS) is 13.8. The molecule has 0 saturated heterocycles. The van der Waals surface area contributed by atoms with Gasteiger partial charge in [0.05, 0.1) is 18.6 Å². The van der Waals surface area contributed by atoms with Crippen molar-refractivity contribution in [3.8, 4) is 5.75 Å². The Morgan fingerprint density at radius 2 is 2.08 bits per heavy atom. The molecule has 0 N–H and O–H groups in total. The molecule has 0 saturated carbocycles. The summed E-state index contributed by atoms with van der Waals surface area (Å²) >= 11 is 5.94. The number of aliphatic imine (C=N–C) groups is 1. The molecular formula is C17H15ClN2O3S. The van der Waals surface area contributed by atoms with Crippen molar-refractivity contribution in [3.05, 3.63) is 58.9 Å². The van der Waals surface area contributed by atoms with Crippen molar-refractivity contribution < 1.29 is 13.2 Å². The van der Waals surface area contributed by atoms with Gasteiger partial charge in [0.1, 0.15) is 10.6 Å². The molecule has 0 fully saturated rings. The predicted octanol–water partition coefficient (Wildman–Crippen LogP) is 3.53. The van der Waals surface area contributed by atoms with Gasteiger partial charge >= 0.3 is 0 Å². The highest BCUT2D eigenvalue weighted by atomic mass is 35.5. The number of halogens is 1. The summed E-state index contributed by atoms with van der Waals surface area (Å²) in [6.45, 7) is 0. The van der Waals surface area contributed by atoms with Gasteiger partial charge in [-0.05, 0) is 29.8 Å². The van der Waals surface area contributed by atoms with Crippen LogP contribution in [0.2, 0.25) is 5.02 Å². The molecule has 0 amide bonds. The third-order valence-corrected chi connectivity index (χ3v) is 5.49. The number of ether oxygens (including phenoxy) is 1. The number of nitrogens with zero attached hydrogens (tertiary/aromatic N) is 2. The van der Waals surface area contributed by atoms with Crippen LogP contribution in [-0.2, 0) is 15.6 Å². The smallest absolute Gasteiger partial charge is 0.186 e. The third kappa shape index (κ3) is 3.49. The lowest BCUT2D eigenvalue weighted by Crippen LogP contribution is -2.07. The Kier molecular flexibility index (Phi) is 4.69. The lowest BCUT2D eigenvalue weighted by Gasteiger charge is -2.10. The lowest BCUT2D eigenvalue weighted by atomic mass is 10.1. The molecule has 0 bridgehead atoms. The summed E-state index contributed by atoms with van der Waals surface area (Å²) in [4.78, 5) is 8.45. The minimum Gasteiger partial charge on any atom is -0.495 e. The van der Waals surface area contributed by atoms with E-state index < -0.39 is 9.84 Å². The number of rotatable bonds is 5. The Hall–Kier alpha value is -2.18. The highest BCUT2D eigenvalue weighted by Crippen LogP contribution is 2.30. The van der Waals surface area contributed by atoms with Crippen LogP contribution < -0.4 is 4.74 Å². The monoisotopic (exact) mass is 362 g/mol. The minimum absolute atomic E-state index is 0.0704. The molecule has 1 aromatic carbocycles. The number of benzene rings is 1. The SMILES string of the molecule is COc1ccc(Cl)cc1S(=O)(=O)Cc1cncc(C2=CCC=N2)c1. The van der Waals surface area contributed by atoms with E-state index in [0.717, 1.165) is 17.7 Å². The zero-order valence-electron chi connectivity index (χ0n) is 12.9. The Bertz CT molecular complexity index is 937. The van der Waals surface area contributed by atoms with E-state index in [2.05, 4.69) is 9.98 Å². The highest BCUT2D eigenvalue weighted by Gasteiger charge is 2.21. The molecule has 0 unspecified atom stereocenters. The van der Waals surface area contributed by atoms with Crippen LogP contribution in [0, 0.1) is 0 Å². The summed E-state index contributed by atoms with van der Waals surface area (Å²) < 4.78 is 30.7. The first-order valence-electron chi connectivity index (χ1n) is 7.23. The van der Waals surface area contributed by atoms with E-state index in [1.807, 2.05) is 6.08 Å². The Balaban J connectivity index is 1.94. The van der Waals surface area contributed by atoms with Gasteiger partial charge in [0.2, 0.25) is 0 Å². The number of allylic oxidation sites excluding steroid dienone is 1. The molecule has 2 aromatic rings. The summed E-state index contributed by atoms with van der Waals surface area (Å²) in [5.41, 5.74) is 2.19.